The molecule has 0 aliphatic rings. The third-order valence-electron chi connectivity index (χ3n) is 3.17. The second kappa shape index (κ2) is 9.64. The van der Waals surface area contributed by atoms with Crippen molar-refractivity contribution in [3.8, 4) is 5.75 Å². The van der Waals surface area contributed by atoms with E-state index in [1.807, 2.05) is 6.92 Å². The van der Waals surface area contributed by atoms with Crippen LogP contribution in [0, 0.1) is 6.92 Å². The first kappa shape index (κ1) is 18.7. The second-order valence-corrected chi connectivity index (χ2v) is 6.42. The van der Waals surface area contributed by atoms with Crippen LogP contribution >= 0.6 is 11.8 Å². The number of hydrogen-bond donors (Lipinski definition) is 1. The number of carbonyl (C=O) groups is 2. The fourth-order valence-electron chi connectivity index (χ4n) is 1.94. The van der Waals surface area contributed by atoms with Gasteiger partial charge >= 0.3 is 5.97 Å². The summed E-state index contributed by atoms with van der Waals surface area (Å²) >= 11 is 1.54. The summed E-state index contributed by atoms with van der Waals surface area (Å²) in [6.45, 7) is 3.40. The van der Waals surface area contributed by atoms with Crippen LogP contribution in [-0.4, -0.2) is 23.8 Å². The van der Waals surface area contributed by atoms with Crippen LogP contribution in [0.3, 0.4) is 0 Å². The third kappa shape index (κ3) is 7.22. The van der Waals surface area contributed by atoms with E-state index in [0.717, 1.165) is 11.3 Å². The molecule has 0 spiro atoms. The Balaban J connectivity index is 1.71. The molecule has 2 aromatic rings. The summed E-state index contributed by atoms with van der Waals surface area (Å²) < 4.78 is 4.94. The van der Waals surface area contributed by atoms with Crippen LogP contribution in [0.25, 0.3) is 0 Å². The molecule has 0 aromatic heterocycles. The maximum atomic E-state index is 11.7. The number of amides is 1. The van der Waals surface area contributed by atoms with Gasteiger partial charge in [-0.1, -0.05) is 29.8 Å². The highest BCUT2D eigenvalue weighted by atomic mass is 32.2. The third-order valence-corrected chi connectivity index (χ3v) is 4.17. The van der Waals surface area contributed by atoms with Gasteiger partial charge in [0, 0.05) is 12.7 Å². The maximum Gasteiger partial charge on any atom is 0.308 e. The Kier molecular flexibility index (Phi) is 7.22. The maximum absolute atomic E-state index is 11.7. The summed E-state index contributed by atoms with van der Waals surface area (Å²) in [7, 11) is 0. The van der Waals surface area contributed by atoms with Crippen LogP contribution in [-0.2, 0) is 15.3 Å². The molecule has 0 fully saturated rings. The van der Waals surface area contributed by atoms with Gasteiger partial charge in [-0.3, -0.25) is 9.59 Å². The smallest absolute Gasteiger partial charge is 0.308 e. The number of carbonyl (C=O) groups excluding carboxylic acids is 2. The molecule has 0 aliphatic heterocycles. The van der Waals surface area contributed by atoms with Crippen molar-refractivity contribution in [2.24, 2.45) is 5.10 Å². The molecule has 130 valence electrons. The number of benzene rings is 2. The lowest BCUT2D eigenvalue weighted by atomic mass is 10.2. The van der Waals surface area contributed by atoms with Crippen LogP contribution in [0.15, 0.2) is 53.6 Å². The minimum absolute atomic E-state index is 0.148. The van der Waals surface area contributed by atoms with Gasteiger partial charge in [-0.05, 0) is 42.3 Å². The normalized spacial score (nSPS) is 10.6. The number of nitrogens with one attached hydrogen (secondary N) is 1. The van der Waals surface area contributed by atoms with Gasteiger partial charge in [0.2, 0.25) is 5.91 Å². The number of ether oxygens (including phenoxy) is 1. The fourth-order valence-corrected chi connectivity index (χ4v) is 2.73. The zero-order valence-corrected chi connectivity index (χ0v) is 15.0. The van der Waals surface area contributed by atoms with Crippen molar-refractivity contribution in [2.75, 3.05) is 5.75 Å². The topological polar surface area (TPSA) is 67.8 Å². The number of hydrazone groups is 1. The average Bonchev–Trinajstić information content (AvgIpc) is 2.58. The van der Waals surface area contributed by atoms with Gasteiger partial charge in [-0.2, -0.15) is 5.10 Å². The van der Waals surface area contributed by atoms with Gasteiger partial charge in [0.25, 0.3) is 0 Å². The Morgan fingerprint density at radius 2 is 1.80 bits per heavy atom. The van der Waals surface area contributed by atoms with Gasteiger partial charge in [0.15, 0.2) is 0 Å². The van der Waals surface area contributed by atoms with Crippen molar-refractivity contribution in [3.63, 3.8) is 0 Å². The van der Waals surface area contributed by atoms with Crippen LogP contribution in [0.4, 0.5) is 0 Å². The standard InChI is InChI=1S/C19H20N2O3S/c1-14-3-5-17(6-4-14)12-25-13-19(23)21-20-11-16-7-9-18(10-8-16)24-15(2)22/h3-11H,12-13H2,1-2H3,(H,21,23)/b20-11-. The van der Waals surface area contributed by atoms with E-state index < -0.39 is 0 Å². The Hall–Kier alpha value is -2.60. The molecule has 0 saturated heterocycles. The Morgan fingerprint density at radius 1 is 1.12 bits per heavy atom. The average molecular weight is 356 g/mol. The van der Waals surface area contributed by atoms with E-state index in [1.54, 1.807) is 30.5 Å². The quantitative estimate of drug-likeness (QED) is 0.358. The molecule has 25 heavy (non-hydrogen) atoms. The highest BCUT2D eigenvalue weighted by molar-refractivity contribution is 7.99. The Labute approximate surface area is 151 Å². The van der Waals surface area contributed by atoms with E-state index in [0.29, 0.717) is 11.5 Å². The highest BCUT2D eigenvalue weighted by Crippen LogP contribution is 2.13. The van der Waals surface area contributed by atoms with Gasteiger partial charge in [0.1, 0.15) is 5.75 Å². The fraction of sp³-hybridized carbons (Fsp3) is 0.211. The lowest BCUT2D eigenvalue weighted by Gasteiger charge is -2.02. The molecule has 0 aliphatic carbocycles. The van der Waals surface area contributed by atoms with E-state index >= 15 is 0 Å². The molecule has 0 saturated carbocycles. The van der Waals surface area contributed by atoms with Crippen LogP contribution < -0.4 is 10.2 Å². The van der Waals surface area contributed by atoms with E-state index in [1.165, 1.54) is 29.8 Å². The van der Waals surface area contributed by atoms with Crippen molar-refractivity contribution in [1.29, 1.82) is 0 Å². The number of hydrogen-bond acceptors (Lipinski definition) is 5. The lowest BCUT2D eigenvalue weighted by Crippen LogP contribution is -2.19. The number of rotatable bonds is 7. The van der Waals surface area contributed by atoms with Crippen LogP contribution in [0.2, 0.25) is 0 Å². The first-order chi connectivity index (χ1) is 12.0. The first-order valence-corrected chi connectivity index (χ1v) is 8.92. The number of aryl methyl sites for hydroxylation is 1. The molecular weight excluding hydrogens is 336 g/mol. The van der Waals surface area contributed by atoms with Gasteiger partial charge in [0.05, 0.1) is 12.0 Å². The molecule has 6 heteroatoms. The van der Waals surface area contributed by atoms with Gasteiger partial charge in [-0.25, -0.2) is 5.43 Å². The van der Waals surface area contributed by atoms with E-state index in [4.69, 9.17) is 4.74 Å². The lowest BCUT2D eigenvalue weighted by molar-refractivity contribution is -0.131. The van der Waals surface area contributed by atoms with Crippen LogP contribution in [0.5, 0.6) is 5.75 Å². The monoisotopic (exact) mass is 356 g/mol. The van der Waals surface area contributed by atoms with Crippen molar-refractivity contribution < 1.29 is 14.3 Å². The predicted octanol–water partition coefficient (Wildman–Crippen LogP) is 3.30. The van der Waals surface area contributed by atoms with E-state index in [2.05, 4.69) is 34.8 Å². The molecule has 5 nitrogen and oxygen atoms in total. The number of thioether (sulfide) groups is 1. The van der Waals surface area contributed by atoms with E-state index in [9.17, 15) is 9.59 Å². The van der Waals surface area contributed by atoms with Crippen molar-refractivity contribution in [3.05, 3.63) is 65.2 Å². The van der Waals surface area contributed by atoms with Gasteiger partial charge < -0.3 is 4.74 Å². The molecule has 1 amide bonds. The molecule has 2 aromatic carbocycles. The summed E-state index contributed by atoms with van der Waals surface area (Å²) in [6, 6.07) is 15.1. The van der Waals surface area contributed by atoms with Gasteiger partial charge in [-0.15, -0.1) is 11.8 Å². The number of esters is 1. The summed E-state index contributed by atoms with van der Waals surface area (Å²) in [5.41, 5.74) is 5.71. The molecular formula is C19H20N2O3S. The highest BCUT2D eigenvalue weighted by Gasteiger charge is 2.01. The number of nitrogens with zero attached hydrogens (tertiary/aromatic N) is 1. The molecule has 0 radical (unpaired) electrons. The summed E-state index contributed by atoms with van der Waals surface area (Å²) in [5.74, 6) is 1.09. The minimum Gasteiger partial charge on any atom is -0.427 e. The largest absolute Gasteiger partial charge is 0.427 e. The summed E-state index contributed by atoms with van der Waals surface area (Å²) in [4.78, 5) is 22.6. The van der Waals surface area contributed by atoms with Crippen molar-refractivity contribution >= 4 is 29.9 Å². The first-order valence-electron chi connectivity index (χ1n) is 7.76. The van der Waals surface area contributed by atoms with Crippen molar-refractivity contribution in [1.82, 2.24) is 5.43 Å². The molecule has 1 N–H and O–H groups in total. The minimum atomic E-state index is -0.364. The SMILES string of the molecule is CC(=O)Oc1ccc(/C=N\NC(=O)CSCc2ccc(C)cc2)cc1. The Bertz CT molecular complexity index is 740. The molecule has 0 unspecified atom stereocenters. The molecule has 0 bridgehead atoms. The summed E-state index contributed by atoms with van der Waals surface area (Å²) in [5, 5.41) is 3.92. The predicted molar refractivity (Wildman–Crippen MR) is 101 cm³/mol. The zero-order valence-electron chi connectivity index (χ0n) is 14.2. The zero-order chi connectivity index (χ0) is 18.1. The van der Waals surface area contributed by atoms with Crippen molar-refractivity contribution in [2.45, 2.75) is 19.6 Å². The Morgan fingerprint density at radius 3 is 2.44 bits per heavy atom. The second-order valence-electron chi connectivity index (χ2n) is 5.43. The van der Waals surface area contributed by atoms with Crippen LogP contribution in [0.1, 0.15) is 23.6 Å². The summed E-state index contributed by atoms with van der Waals surface area (Å²) in [6.07, 6.45) is 1.54. The molecule has 2 rings (SSSR count). The van der Waals surface area contributed by atoms with E-state index in [-0.39, 0.29) is 11.9 Å². The molecule has 0 heterocycles. The molecule has 0 atom stereocenters.